The van der Waals surface area contributed by atoms with Crippen molar-refractivity contribution in [3.05, 3.63) is 53.7 Å². The molecule has 0 radical (unpaired) electrons. The molecule has 4 heterocycles. The van der Waals surface area contributed by atoms with E-state index < -0.39 is 11.6 Å². The van der Waals surface area contributed by atoms with E-state index in [1.165, 1.54) is 32.0 Å². The Balaban J connectivity index is 1.44. The maximum absolute atomic E-state index is 13.4. The Hall–Kier alpha value is -2.05. The first-order chi connectivity index (χ1) is 12.2. The summed E-state index contributed by atoms with van der Waals surface area (Å²) in [6.07, 6.45) is 4.14. The Morgan fingerprint density at radius 3 is 2.72 bits per heavy atom. The fraction of sp³-hybridized carbons (Fsp3) is 0.421. The standard InChI is InChI=1S/C19H21F2N3O/c20-16-4-3-15(10-17(16)21)25-19-14(2-1-7-22-19)11-23-18-12-24-8-5-13(18)6-9-24/h1-4,7,10,13,18,23H,5-6,8-9,11-12H2/t18-/m0/s1. The van der Waals surface area contributed by atoms with Gasteiger partial charge in [-0.25, -0.2) is 13.8 Å². The monoisotopic (exact) mass is 345 g/mol. The lowest BCUT2D eigenvalue weighted by molar-refractivity contribution is 0.0719. The van der Waals surface area contributed by atoms with Gasteiger partial charge in [0.05, 0.1) is 0 Å². The zero-order chi connectivity index (χ0) is 17.2. The third-order valence-corrected chi connectivity index (χ3v) is 5.17. The summed E-state index contributed by atoms with van der Waals surface area (Å²) in [7, 11) is 0. The van der Waals surface area contributed by atoms with Gasteiger partial charge < -0.3 is 15.0 Å². The second-order valence-electron chi connectivity index (χ2n) is 6.77. The first-order valence-corrected chi connectivity index (χ1v) is 8.71. The van der Waals surface area contributed by atoms with Crippen LogP contribution in [0.25, 0.3) is 0 Å². The Morgan fingerprint density at radius 2 is 2.00 bits per heavy atom. The lowest BCUT2D eigenvalue weighted by atomic mass is 9.84. The molecule has 1 N–H and O–H groups in total. The van der Waals surface area contributed by atoms with Crippen LogP contribution in [0.2, 0.25) is 0 Å². The van der Waals surface area contributed by atoms with Gasteiger partial charge in [0.25, 0.3) is 0 Å². The van der Waals surface area contributed by atoms with Crippen LogP contribution in [0.5, 0.6) is 11.6 Å². The highest BCUT2D eigenvalue weighted by atomic mass is 19.2. The molecule has 25 heavy (non-hydrogen) atoms. The normalized spacial score (nSPS) is 25.1. The zero-order valence-electron chi connectivity index (χ0n) is 13.9. The molecule has 4 nitrogen and oxygen atoms in total. The predicted octanol–water partition coefficient (Wildman–Crippen LogP) is 3.34. The number of hydrogen-bond acceptors (Lipinski definition) is 4. The molecule has 0 spiro atoms. The van der Waals surface area contributed by atoms with Crippen LogP contribution in [-0.4, -0.2) is 35.6 Å². The van der Waals surface area contributed by atoms with Crippen LogP contribution >= 0.6 is 0 Å². The van der Waals surface area contributed by atoms with Gasteiger partial charge in [-0.05, 0) is 50.0 Å². The van der Waals surface area contributed by atoms with E-state index in [2.05, 4.69) is 15.2 Å². The zero-order valence-corrected chi connectivity index (χ0v) is 13.9. The average molecular weight is 345 g/mol. The van der Waals surface area contributed by atoms with Crippen LogP contribution in [0.4, 0.5) is 8.78 Å². The van der Waals surface area contributed by atoms with Gasteiger partial charge in [0.15, 0.2) is 11.6 Å². The maximum atomic E-state index is 13.4. The average Bonchev–Trinajstić information content (AvgIpc) is 2.65. The third-order valence-electron chi connectivity index (χ3n) is 5.17. The minimum Gasteiger partial charge on any atom is -0.439 e. The van der Waals surface area contributed by atoms with Crippen molar-refractivity contribution in [2.75, 3.05) is 19.6 Å². The molecule has 0 saturated carbocycles. The molecule has 0 amide bonds. The molecular weight excluding hydrogens is 324 g/mol. The van der Waals surface area contributed by atoms with E-state index in [1.807, 2.05) is 12.1 Å². The van der Waals surface area contributed by atoms with Crippen LogP contribution in [0.15, 0.2) is 36.5 Å². The van der Waals surface area contributed by atoms with Crippen LogP contribution in [0.1, 0.15) is 18.4 Å². The van der Waals surface area contributed by atoms with Crippen molar-refractivity contribution < 1.29 is 13.5 Å². The van der Waals surface area contributed by atoms with E-state index >= 15 is 0 Å². The highest BCUT2D eigenvalue weighted by Gasteiger charge is 2.33. The lowest BCUT2D eigenvalue weighted by Gasteiger charge is -2.45. The van der Waals surface area contributed by atoms with Crippen molar-refractivity contribution in [2.24, 2.45) is 5.92 Å². The summed E-state index contributed by atoms with van der Waals surface area (Å²) < 4.78 is 32.1. The quantitative estimate of drug-likeness (QED) is 0.902. The Morgan fingerprint density at radius 1 is 1.16 bits per heavy atom. The predicted molar refractivity (Wildman–Crippen MR) is 90.5 cm³/mol. The number of halogens is 2. The molecule has 5 rings (SSSR count). The summed E-state index contributed by atoms with van der Waals surface area (Å²) in [6, 6.07) is 7.77. The number of ether oxygens (including phenoxy) is 1. The van der Waals surface area contributed by atoms with Crippen molar-refractivity contribution in [1.29, 1.82) is 0 Å². The molecule has 0 unspecified atom stereocenters. The second-order valence-corrected chi connectivity index (χ2v) is 6.77. The molecule has 1 atom stereocenters. The van der Waals surface area contributed by atoms with Crippen LogP contribution < -0.4 is 10.1 Å². The van der Waals surface area contributed by atoms with Gasteiger partial charge in [-0.15, -0.1) is 0 Å². The van der Waals surface area contributed by atoms with Crippen molar-refractivity contribution in [3.8, 4) is 11.6 Å². The van der Waals surface area contributed by atoms with E-state index in [0.29, 0.717) is 18.5 Å². The van der Waals surface area contributed by atoms with E-state index in [-0.39, 0.29) is 5.75 Å². The van der Waals surface area contributed by atoms with E-state index in [1.54, 1.807) is 6.20 Å². The maximum Gasteiger partial charge on any atom is 0.223 e. The van der Waals surface area contributed by atoms with Gasteiger partial charge in [0.2, 0.25) is 5.88 Å². The molecule has 0 aliphatic carbocycles. The number of fused-ring (bicyclic) bond motifs is 3. The number of piperidine rings is 3. The summed E-state index contributed by atoms with van der Waals surface area (Å²) >= 11 is 0. The highest BCUT2D eigenvalue weighted by Crippen LogP contribution is 2.29. The van der Waals surface area contributed by atoms with E-state index in [9.17, 15) is 8.78 Å². The van der Waals surface area contributed by atoms with Crippen LogP contribution in [0, 0.1) is 17.6 Å². The molecule has 3 saturated heterocycles. The summed E-state index contributed by atoms with van der Waals surface area (Å²) in [4.78, 5) is 6.75. The Bertz CT molecular complexity index is 747. The number of rotatable bonds is 5. The fourth-order valence-corrected chi connectivity index (χ4v) is 3.74. The topological polar surface area (TPSA) is 37.4 Å². The molecule has 1 aromatic heterocycles. The summed E-state index contributed by atoms with van der Waals surface area (Å²) in [5.41, 5.74) is 0.906. The minimum atomic E-state index is -0.930. The number of nitrogens with one attached hydrogen (secondary N) is 1. The second kappa shape index (κ2) is 7.06. The fourth-order valence-electron chi connectivity index (χ4n) is 3.74. The molecule has 3 fully saturated rings. The molecule has 1 aromatic carbocycles. The SMILES string of the molecule is Fc1ccc(Oc2ncccc2CN[C@H]2CN3CCC2CC3)cc1F. The molecule has 132 valence electrons. The van der Waals surface area contributed by atoms with Crippen LogP contribution in [0.3, 0.4) is 0 Å². The molecule has 3 aliphatic rings. The van der Waals surface area contributed by atoms with Gasteiger partial charge >= 0.3 is 0 Å². The first kappa shape index (κ1) is 16.4. The third kappa shape index (κ3) is 3.65. The lowest BCUT2D eigenvalue weighted by Crippen LogP contribution is -2.55. The van der Waals surface area contributed by atoms with E-state index in [0.717, 1.165) is 30.2 Å². The number of pyridine rings is 1. The van der Waals surface area contributed by atoms with E-state index in [4.69, 9.17) is 4.74 Å². The van der Waals surface area contributed by atoms with Crippen molar-refractivity contribution in [1.82, 2.24) is 15.2 Å². The molecular formula is C19H21F2N3O. The van der Waals surface area contributed by atoms with Gasteiger partial charge in [0.1, 0.15) is 5.75 Å². The number of benzene rings is 1. The van der Waals surface area contributed by atoms with Gasteiger partial charge in [0, 0.05) is 37.0 Å². The van der Waals surface area contributed by atoms with Crippen molar-refractivity contribution in [2.45, 2.75) is 25.4 Å². The Labute approximate surface area is 145 Å². The minimum absolute atomic E-state index is 0.238. The molecule has 6 heteroatoms. The highest BCUT2D eigenvalue weighted by molar-refractivity contribution is 5.32. The number of aromatic nitrogens is 1. The first-order valence-electron chi connectivity index (χ1n) is 8.71. The molecule has 3 aliphatic heterocycles. The van der Waals surface area contributed by atoms with Gasteiger partial charge in [-0.2, -0.15) is 0 Å². The largest absolute Gasteiger partial charge is 0.439 e. The summed E-state index contributed by atoms with van der Waals surface area (Å²) in [5, 5.41) is 3.62. The molecule has 2 bridgehead atoms. The molecule has 2 aromatic rings. The number of hydrogen-bond donors (Lipinski definition) is 1. The number of nitrogens with zero attached hydrogens (tertiary/aromatic N) is 2. The smallest absolute Gasteiger partial charge is 0.223 e. The Kier molecular flexibility index (Phi) is 4.63. The van der Waals surface area contributed by atoms with Gasteiger partial charge in [-0.1, -0.05) is 6.07 Å². The summed E-state index contributed by atoms with van der Waals surface area (Å²) in [6.45, 7) is 4.15. The van der Waals surface area contributed by atoms with Crippen LogP contribution in [-0.2, 0) is 6.54 Å². The van der Waals surface area contributed by atoms with Crippen molar-refractivity contribution in [3.63, 3.8) is 0 Å². The van der Waals surface area contributed by atoms with Crippen molar-refractivity contribution >= 4 is 0 Å². The summed E-state index contributed by atoms with van der Waals surface area (Å²) in [5.74, 6) is -0.431. The van der Waals surface area contributed by atoms with Gasteiger partial charge in [-0.3, -0.25) is 0 Å².